The highest BCUT2D eigenvalue weighted by atomic mass is 16.1. The molecule has 0 spiro atoms. The first kappa shape index (κ1) is 20.4. The molecule has 3 aliphatic carbocycles. The van der Waals surface area contributed by atoms with E-state index in [4.69, 9.17) is 0 Å². The molecule has 0 heterocycles. The van der Waals surface area contributed by atoms with Crippen LogP contribution >= 0.6 is 0 Å². The Morgan fingerprint density at radius 1 is 0.543 bits per heavy atom. The highest BCUT2D eigenvalue weighted by molar-refractivity contribution is 6.30. The minimum absolute atomic E-state index is 0.125. The fourth-order valence-electron chi connectivity index (χ4n) is 7.46. The zero-order valence-electron chi connectivity index (χ0n) is 19.5. The van der Waals surface area contributed by atoms with Crippen LogP contribution in [0.25, 0.3) is 11.1 Å². The lowest BCUT2D eigenvalue weighted by atomic mass is 9.59. The Kier molecular flexibility index (Phi) is 4.38. The molecule has 1 fully saturated rings. The van der Waals surface area contributed by atoms with Crippen LogP contribution in [0.5, 0.6) is 0 Å². The second-order valence-electron chi connectivity index (χ2n) is 9.96. The third-order valence-electron chi connectivity index (χ3n) is 8.56. The van der Waals surface area contributed by atoms with Gasteiger partial charge in [-0.1, -0.05) is 133 Å². The van der Waals surface area contributed by atoms with Gasteiger partial charge >= 0.3 is 0 Å². The first-order valence-corrected chi connectivity index (χ1v) is 12.5. The second kappa shape index (κ2) is 7.52. The summed E-state index contributed by atoms with van der Waals surface area (Å²) in [5, 5.41) is 0. The van der Waals surface area contributed by atoms with Gasteiger partial charge in [-0.2, -0.15) is 0 Å². The second-order valence-corrected chi connectivity index (χ2v) is 9.96. The van der Waals surface area contributed by atoms with E-state index in [2.05, 4.69) is 121 Å². The first-order valence-electron chi connectivity index (χ1n) is 12.5. The summed E-state index contributed by atoms with van der Waals surface area (Å²) in [7, 11) is 0. The lowest BCUT2D eigenvalue weighted by Crippen LogP contribution is -2.38. The van der Waals surface area contributed by atoms with Crippen LogP contribution < -0.4 is 0 Å². The average molecular weight is 451 g/mol. The molecule has 4 aromatic carbocycles. The van der Waals surface area contributed by atoms with Crippen LogP contribution in [0, 0.1) is 11.8 Å². The van der Waals surface area contributed by atoms with Crippen molar-refractivity contribution < 1.29 is 4.79 Å². The summed E-state index contributed by atoms with van der Waals surface area (Å²) in [6.45, 7) is 0. The van der Waals surface area contributed by atoms with E-state index in [-0.39, 0.29) is 11.8 Å². The van der Waals surface area contributed by atoms with E-state index in [9.17, 15) is 0 Å². The largest absolute Gasteiger partial charge is 0.297 e. The molecule has 35 heavy (non-hydrogen) atoms. The molecule has 1 heteroatoms. The highest BCUT2D eigenvalue weighted by Crippen LogP contribution is 2.74. The Morgan fingerprint density at radius 3 is 1.49 bits per heavy atom. The lowest BCUT2D eigenvalue weighted by molar-refractivity contribution is -0.123. The Morgan fingerprint density at radius 2 is 0.971 bits per heavy atom. The summed E-state index contributed by atoms with van der Waals surface area (Å²) < 4.78 is 0. The Balaban J connectivity index is 1.70. The van der Waals surface area contributed by atoms with Gasteiger partial charge in [-0.3, -0.25) is 4.79 Å². The molecule has 0 amide bonds. The van der Waals surface area contributed by atoms with E-state index in [1.54, 1.807) is 0 Å². The van der Waals surface area contributed by atoms with Gasteiger partial charge in [0.1, 0.15) is 0 Å². The molecule has 0 aliphatic heterocycles. The number of Topliss-reactive ketones (excluding diaryl/α,β-unsaturated/α-hetero) is 1. The van der Waals surface area contributed by atoms with Gasteiger partial charge in [-0.05, 0) is 45.7 Å². The summed E-state index contributed by atoms with van der Waals surface area (Å²) in [5.41, 5.74) is 5.46. The molecule has 1 nitrogen and oxygen atoms in total. The molecule has 0 aromatic heterocycles. The van der Waals surface area contributed by atoms with E-state index < -0.39 is 10.8 Å². The number of carbonyl (C=O) groups excluding carboxylic acids is 1. The van der Waals surface area contributed by atoms with Crippen LogP contribution in [-0.4, -0.2) is 5.78 Å². The zero-order valence-corrected chi connectivity index (χ0v) is 19.5. The molecule has 0 unspecified atom stereocenters. The number of ketones is 1. The fraction of sp³-hybridized carbons (Fsp3) is 0.147. The number of rotatable bonds is 4. The third-order valence-corrected chi connectivity index (χ3v) is 8.56. The lowest BCUT2D eigenvalue weighted by Gasteiger charge is -2.41. The molecule has 0 saturated heterocycles. The summed E-state index contributed by atoms with van der Waals surface area (Å²) in [4.78, 5) is 15.3. The summed E-state index contributed by atoms with van der Waals surface area (Å²) in [6.07, 6.45) is 5.57. The fourth-order valence-corrected chi connectivity index (χ4v) is 7.46. The van der Waals surface area contributed by atoms with Crippen LogP contribution in [-0.2, 0) is 15.6 Å². The van der Waals surface area contributed by atoms with Crippen molar-refractivity contribution in [1.82, 2.24) is 0 Å². The summed E-state index contributed by atoms with van der Waals surface area (Å²) >= 11 is 0. The number of allylic oxidation sites excluding steroid dienone is 4. The van der Waals surface area contributed by atoms with E-state index >= 15 is 4.79 Å². The van der Waals surface area contributed by atoms with Crippen LogP contribution in [0.4, 0.5) is 0 Å². The Bertz CT molecular complexity index is 1470. The van der Waals surface area contributed by atoms with Crippen molar-refractivity contribution >= 4 is 16.9 Å². The predicted molar refractivity (Wildman–Crippen MR) is 142 cm³/mol. The van der Waals surface area contributed by atoms with E-state index in [0.717, 1.165) is 28.7 Å². The highest BCUT2D eigenvalue weighted by Gasteiger charge is 2.76. The Hall–Kier alpha value is -3.97. The maximum Gasteiger partial charge on any atom is 0.163 e. The molecule has 0 N–H and O–H groups in total. The number of carbonyl (C=O) groups is 1. The van der Waals surface area contributed by atoms with Crippen LogP contribution in [0.3, 0.4) is 0 Å². The van der Waals surface area contributed by atoms with Gasteiger partial charge in [0.15, 0.2) is 5.78 Å². The van der Waals surface area contributed by atoms with Gasteiger partial charge in [0.2, 0.25) is 0 Å². The van der Waals surface area contributed by atoms with Crippen molar-refractivity contribution in [3.05, 3.63) is 156 Å². The molecule has 4 atom stereocenters. The van der Waals surface area contributed by atoms with Gasteiger partial charge in [0.05, 0.1) is 10.8 Å². The van der Waals surface area contributed by atoms with Crippen LogP contribution in [0.2, 0.25) is 0 Å². The normalized spacial score (nSPS) is 28.5. The number of hydrogen-bond acceptors (Lipinski definition) is 1. The van der Waals surface area contributed by atoms with Gasteiger partial charge in [-0.25, -0.2) is 0 Å². The molecular formula is C34H26O. The molecule has 3 aliphatic rings. The average Bonchev–Trinajstić information content (AvgIpc) is 3.57. The SMILES string of the molecule is O=C1[C@@]2(c3ccccc3)C(c3ccccc3)=C(c3ccccc3)[C@]1(c1ccccc1)[C@H]1CC=C[C@H]12. The standard InChI is InChI=1S/C34H26O/c35-32-33(26-18-9-3-10-19-26)28-22-13-23-29(28)34(32,27-20-11-4-12-21-27)31(25-16-7-2-8-17-25)30(33)24-14-5-1-6-15-24/h1-22,28-29H,23H2/t28-,29+,33-,34+/m1/s1. The van der Waals surface area contributed by atoms with Crippen molar-refractivity contribution in [2.24, 2.45) is 11.8 Å². The summed E-state index contributed by atoms with van der Waals surface area (Å²) in [6, 6.07) is 42.3. The minimum atomic E-state index is -0.721. The van der Waals surface area contributed by atoms with E-state index in [1.165, 1.54) is 11.1 Å². The maximum absolute atomic E-state index is 15.3. The van der Waals surface area contributed by atoms with Gasteiger partial charge in [-0.15, -0.1) is 0 Å². The van der Waals surface area contributed by atoms with Gasteiger partial charge in [0.25, 0.3) is 0 Å². The molecule has 2 bridgehead atoms. The van der Waals surface area contributed by atoms with E-state index in [1.807, 2.05) is 12.1 Å². The predicted octanol–water partition coefficient (Wildman–Crippen LogP) is 7.26. The monoisotopic (exact) mass is 450 g/mol. The first-order chi connectivity index (χ1) is 17.3. The molecular weight excluding hydrogens is 424 g/mol. The number of hydrogen-bond donors (Lipinski definition) is 0. The summed E-state index contributed by atoms with van der Waals surface area (Å²) in [5.74, 6) is 0.653. The van der Waals surface area contributed by atoms with Crippen molar-refractivity contribution in [1.29, 1.82) is 0 Å². The van der Waals surface area contributed by atoms with Crippen molar-refractivity contribution in [2.45, 2.75) is 17.3 Å². The number of fused-ring (bicyclic) bond motifs is 5. The van der Waals surface area contributed by atoms with Crippen LogP contribution in [0.1, 0.15) is 28.7 Å². The van der Waals surface area contributed by atoms with Gasteiger partial charge in [0, 0.05) is 5.92 Å². The molecule has 0 radical (unpaired) electrons. The minimum Gasteiger partial charge on any atom is -0.297 e. The Labute approximate surface area is 206 Å². The molecule has 4 aromatic rings. The molecule has 7 rings (SSSR count). The number of benzene rings is 4. The van der Waals surface area contributed by atoms with Crippen molar-refractivity contribution in [2.75, 3.05) is 0 Å². The van der Waals surface area contributed by atoms with Crippen molar-refractivity contribution in [3.8, 4) is 0 Å². The quantitative estimate of drug-likeness (QED) is 0.299. The van der Waals surface area contributed by atoms with Crippen molar-refractivity contribution in [3.63, 3.8) is 0 Å². The van der Waals surface area contributed by atoms with Crippen LogP contribution in [0.15, 0.2) is 133 Å². The van der Waals surface area contributed by atoms with Gasteiger partial charge < -0.3 is 0 Å². The van der Waals surface area contributed by atoms with E-state index in [0.29, 0.717) is 5.78 Å². The maximum atomic E-state index is 15.3. The smallest absolute Gasteiger partial charge is 0.163 e. The molecule has 1 saturated carbocycles. The third kappa shape index (κ3) is 2.46. The zero-order chi connectivity index (χ0) is 23.5. The molecule has 168 valence electrons. The topological polar surface area (TPSA) is 17.1 Å².